The van der Waals surface area contributed by atoms with E-state index in [0.29, 0.717) is 28.5 Å². The standard InChI is InChI=1S/C26H19N9O/c36-26(14-3-4-14)31-17-8-16(11-28-12-17)20-9-19-21(13-30-20)34-35-23(19)25-32-22-18(5-7-29-24(22)33-25)15-2-1-6-27-10-15/h1-2,5-14H,3-4H2,(H,31,36)(H,34,35)(H,29,32,33). The van der Waals surface area contributed by atoms with Crippen molar-refractivity contribution < 1.29 is 4.79 Å². The molecule has 0 spiro atoms. The average Bonchev–Trinajstić information content (AvgIpc) is 3.55. The Morgan fingerprint density at radius 3 is 2.75 bits per heavy atom. The maximum absolute atomic E-state index is 12.2. The number of imidazole rings is 1. The van der Waals surface area contributed by atoms with E-state index in [4.69, 9.17) is 4.98 Å². The van der Waals surface area contributed by atoms with E-state index >= 15 is 0 Å². The maximum atomic E-state index is 12.2. The number of pyridine rings is 4. The van der Waals surface area contributed by atoms with Gasteiger partial charge in [-0.3, -0.25) is 24.8 Å². The van der Waals surface area contributed by atoms with Crippen molar-refractivity contribution in [1.29, 1.82) is 0 Å². The van der Waals surface area contributed by atoms with E-state index in [2.05, 4.69) is 40.4 Å². The fourth-order valence-electron chi connectivity index (χ4n) is 4.28. The number of anilines is 1. The number of fused-ring (bicyclic) bond motifs is 2. The van der Waals surface area contributed by atoms with E-state index in [0.717, 1.165) is 46.0 Å². The molecule has 7 rings (SSSR count). The molecule has 0 bridgehead atoms. The monoisotopic (exact) mass is 473 g/mol. The summed E-state index contributed by atoms with van der Waals surface area (Å²) in [5.41, 5.74) is 6.95. The Balaban J connectivity index is 1.28. The number of amides is 1. The topological polar surface area (TPSA) is 138 Å². The lowest BCUT2D eigenvalue weighted by Gasteiger charge is -2.06. The molecular formula is C26H19N9O. The third kappa shape index (κ3) is 3.56. The molecule has 0 aromatic carbocycles. The highest BCUT2D eigenvalue weighted by atomic mass is 16.2. The predicted octanol–water partition coefficient (Wildman–Crippen LogP) is 4.37. The van der Waals surface area contributed by atoms with Gasteiger partial charge in [-0.15, -0.1) is 0 Å². The Morgan fingerprint density at radius 2 is 1.89 bits per heavy atom. The van der Waals surface area contributed by atoms with Crippen LogP contribution in [0, 0.1) is 5.92 Å². The molecule has 6 heterocycles. The van der Waals surface area contributed by atoms with Gasteiger partial charge in [0.25, 0.3) is 0 Å². The molecule has 1 saturated carbocycles. The number of rotatable bonds is 5. The van der Waals surface area contributed by atoms with Crippen molar-refractivity contribution in [1.82, 2.24) is 40.1 Å². The quantitative estimate of drug-likeness (QED) is 0.338. The molecule has 0 saturated heterocycles. The van der Waals surface area contributed by atoms with Gasteiger partial charge in [0.15, 0.2) is 11.5 Å². The van der Waals surface area contributed by atoms with Crippen molar-refractivity contribution in [3.05, 3.63) is 67.5 Å². The Kier molecular flexibility index (Phi) is 4.56. The summed E-state index contributed by atoms with van der Waals surface area (Å²) in [6.45, 7) is 0. The summed E-state index contributed by atoms with van der Waals surface area (Å²) in [4.78, 5) is 37.8. The second-order valence-corrected chi connectivity index (χ2v) is 8.80. The van der Waals surface area contributed by atoms with Crippen LogP contribution in [0.5, 0.6) is 0 Å². The minimum absolute atomic E-state index is 0.0404. The zero-order valence-electron chi connectivity index (χ0n) is 18.9. The number of aromatic amines is 2. The van der Waals surface area contributed by atoms with Crippen LogP contribution in [0.25, 0.3) is 56.0 Å². The second kappa shape index (κ2) is 8.05. The van der Waals surface area contributed by atoms with Crippen LogP contribution in [0.3, 0.4) is 0 Å². The van der Waals surface area contributed by atoms with Crippen LogP contribution in [0.2, 0.25) is 0 Å². The number of carbonyl (C=O) groups excluding carboxylic acids is 1. The van der Waals surface area contributed by atoms with E-state index in [1.165, 1.54) is 0 Å². The fraction of sp³-hybridized carbons (Fsp3) is 0.115. The Morgan fingerprint density at radius 1 is 0.972 bits per heavy atom. The highest BCUT2D eigenvalue weighted by Gasteiger charge is 2.29. The zero-order valence-corrected chi connectivity index (χ0v) is 18.9. The van der Waals surface area contributed by atoms with Gasteiger partial charge in [-0.05, 0) is 37.1 Å². The predicted molar refractivity (Wildman–Crippen MR) is 135 cm³/mol. The lowest BCUT2D eigenvalue weighted by Crippen LogP contribution is -2.13. The number of hydrogen-bond donors (Lipinski definition) is 3. The van der Waals surface area contributed by atoms with Gasteiger partial charge in [-0.25, -0.2) is 9.97 Å². The van der Waals surface area contributed by atoms with E-state index in [1.54, 1.807) is 31.0 Å². The Bertz CT molecular complexity index is 1750. The summed E-state index contributed by atoms with van der Waals surface area (Å²) in [6.07, 6.45) is 12.3. The molecule has 3 N–H and O–H groups in total. The van der Waals surface area contributed by atoms with Gasteiger partial charge in [0.1, 0.15) is 5.69 Å². The van der Waals surface area contributed by atoms with Gasteiger partial charge in [0, 0.05) is 52.8 Å². The number of H-pyrrole nitrogens is 2. The second-order valence-electron chi connectivity index (χ2n) is 8.80. The van der Waals surface area contributed by atoms with Crippen molar-refractivity contribution in [2.75, 3.05) is 5.32 Å². The van der Waals surface area contributed by atoms with Crippen LogP contribution in [0.15, 0.2) is 67.5 Å². The summed E-state index contributed by atoms with van der Waals surface area (Å²) in [7, 11) is 0. The molecule has 0 radical (unpaired) electrons. The van der Waals surface area contributed by atoms with Crippen LogP contribution in [0.1, 0.15) is 12.8 Å². The number of nitrogens with zero attached hydrogens (tertiary/aromatic N) is 6. The molecule has 0 aliphatic heterocycles. The first kappa shape index (κ1) is 20.4. The number of nitrogens with one attached hydrogen (secondary N) is 3. The molecule has 174 valence electrons. The van der Waals surface area contributed by atoms with Crippen LogP contribution in [0.4, 0.5) is 5.69 Å². The maximum Gasteiger partial charge on any atom is 0.227 e. The first-order valence-corrected chi connectivity index (χ1v) is 11.6. The van der Waals surface area contributed by atoms with Gasteiger partial charge in [-0.1, -0.05) is 6.07 Å². The third-order valence-electron chi connectivity index (χ3n) is 6.29. The highest BCUT2D eigenvalue weighted by Crippen LogP contribution is 2.33. The van der Waals surface area contributed by atoms with Crippen molar-refractivity contribution in [3.8, 4) is 33.9 Å². The van der Waals surface area contributed by atoms with Gasteiger partial charge < -0.3 is 10.3 Å². The van der Waals surface area contributed by atoms with Gasteiger partial charge >= 0.3 is 0 Å². The summed E-state index contributed by atoms with van der Waals surface area (Å²) in [6, 6.07) is 9.66. The first-order valence-electron chi connectivity index (χ1n) is 11.6. The molecule has 1 aliphatic carbocycles. The Labute approximate surface area is 204 Å². The summed E-state index contributed by atoms with van der Waals surface area (Å²) in [5, 5.41) is 11.3. The van der Waals surface area contributed by atoms with Crippen LogP contribution >= 0.6 is 0 Å². The van der Waals surface area contributed by atoms with Crippen LogP contribution in [-0.2, 0) is 4.79 Å². The van der Waals surface area contributed by atoms with Gasteiger partial charge in [0.05, 0.1) is 34.8 Å². The van der Waals surface area contributed by atoms with Crippen molar-refractivity contribution >= 4 is 33.7 Å². The van der Waals surface area contributed by atoms with Crippen LogP contribution in [-0.4, -0.2) is 46.0 Å². The molecule has 6 aromatic rings. The minimum atomic E-state index is 0.0404. The van der Waals surface area contributed by atoms with E-state index in [9.17, 15) is 4.79 Å². The molecular weight excluding hydrogens is 454 g/mol. The lowest BCUT2D eigenvalue weighted by atomic mass is 10.1. The molecule has 1 amide bonds. The number of hydrogen-bond acceptors (Lipinski definition) is 7. The molecule has 36 heavy (non-hydrogen) atoms. The van der Waals surface area contributed by atoms with Crippen molar-refractivity contribution in [2.45, 2.75) is 12.8 Å². The van der Waals surface area contributed by atoms with Crippen LogP contribution < -0.4 is 5.32 Å². The molecule has 10 heteroatoms. The third-order valence-corrected chi connectivity index (χ3v) is 6.29. The van der Waals surface area contributed by atoms with E-state index in [1.807, 2.05) is 36.5 Å². The zero-order chi connectivity index (χ0) is 24.1. The average molecular weight is 474 g/mol. The largest absolute Gasteiger partial charge is 0.335 e. The summed E-state index contributed by atoms with van der Waals surface area (Å²) >= 11 is 0. The SMILES string of the molecule is O=C(Nc1cncc(-c2cc3c(-c4nc5nccc(-c6cccnc6)c5[nH]4)n[nH]c3cn2)c1)C1CC1. The molecule has 1 fully saturated rings. The number of carbonyl (C=O) groups is 1. The normalized spacial score (nSPS) is 13.3. The fourth-order valence-corrected chi connectivity index (χ4v) is 4.28. The summed E-state index contributed by atoms with van der Waals surface area (Å²) < 4.78 is 0. The first-order chi connectivity index (χ1) is 17.7. The van der Waals surface area contributed by atoms with Crippen molar-refractivity contribution in [2.24, 2.45) is 5.92 Å². The smallest absolute Gasteiger partial charge is 0.227 e. The van der Waals surface area contributed by atoms with Gasteiger partial charge in [0.2, 0.25) is 5.91 Å². The molecule has 6 aromatic heterocycles. The number of aromatic nitrogens is 8. The van der Waals surface area contributed by atoms with Gasteiger partial charge in [-0.2, -0.15) is 5.10 Å². The van der Waals surface area contributed by atoms with E-state index in [-0.39, 0.29) is 11.8 Å². The van der Waals surface area contributed by atoms with E-state index < -0.39 is 0 Å². The Hall–Kier alpha value is -4.99. The molecule has 0 unspecified atom stereocenters. The lowest BCUT2D eigenvalue weighted by molar-refractivity contribution is -0.117. The highest BCUT2D eigenvalue weighted by molar-refractivity contribution is 5.97. The van der Waals surface area contributed by atoms with Crippen molar-refractivity contribution in [3.63, 3.8) is 0 Å². The minimum Gasteiger partial charge on any atom is -0.335 e. The molecule has 1 aliphatic rings. The molecule has 10 nitrogen and oxygen atoms in total. The molecule has 0 atom stereocenters. The summed E-state index contributed by atoms with van der Waals surface area (Å²) in [5.74, 6) is 0.757.